The van der Waals surface area contributed by atoms with Crippen molar-refractivity contribution in [2.75, 3.05) is 5.33 Å². The van der Waals surface area contributed by atoms with Gasteiger partial charge in [-0.15, -0.1) is 0 Å². The van der Waals surface area contributed by atoms with E-state index in [1.807, 2.05) is 66.1 Å². The van der Waals surface area contributed by atoms with Crippen LogP contribution in [-0.4, -0.2) is 28.5 Å². The van der Waals surface area contributed by atoms with Crippen LogP contribution in [0.2, 0.25) is 0 Å². The summed E-state index contributed by atoms with van der Waals surface area (Å²) in [5, 5.41) is 1.11. The molecule has 1 aliphatic heterocycles. The molecule has 4 aromatic rings. The molecule has 2 heterocycles. The molecule has 0 spiro atoms. The minimum Gasteiger partial charge on any atom is -0.333 e. The second kappa shape index (κ2) is 8.11. The van der Waals surface area contributed by atoms with Gasteiger partial charge in [-0.05, 0) is 46.6 Å². The van der Waals surface area contributed by atoms with E-state index in [4.69, 9.17) is 0 Å². The van der Waals surface area contributed by atoms with E-state index in [1.54, 1.807) is 24.3 Å². The first-order chi connectivity index (χ1) is 15.8. The van der Waals surface area contributed by atoms with Gasteiger partial charge in [0.2, 0.25) is 0 Å². The lowest BCUT2D eigenvalue weighted by Gasteiger charge is -2.46. The minimum atomic E-state index is -4.17. The fourth-order valence-corrected chi connectivity index (χ4v) is 7.86. The number of aryl methyl sites for hydroxylation is 1. The fourth-order valence-electron chi connectivity index (χ4n) is 4.54. The molecule has 0 saturated heterocycles. The lowest BCUT2D eigenvalue weighted by molar-refractivity contribution is 0.0643. The van der Waals surface area contributed by atoms with Crippen molar-refractivity contribution in [3.05, 3.63) is 100 Å². The molecular weight excluding hydrogens is 568 g/mol. The molecule has 3 aromatic carbocycles. The number of benzene rings is 3. The highest BCUT2D eigenvalue weighted by atomic mass is 79.9. The van der Waals surface area contributed by atoms with Crippen LogP contribution in [0.15, 0.2) is 88.2 Å². The highest BCUT2D eigenvalue weighted by molar-refractivity contribution is 9.10. The number of para-hydroxylation sites is 1. The van der Waals surface area contributed by atoms with Crippen molar-refractivity contribution in [1.82, 2.24) is 8.87 Å². The monoisotopic (exact) mass is 586 g/mol. The standard InChI is InChI=1S/C25H20Br2N2O3S/c1-17-11-13-19(14-12-17)33(31,32)29-24(30)23-22(27)20-9-5-6-10-21(20)28(23)16-25(29,15-26)18-7-3-2-4-8-18/h2-14H,15-16H2,1H3/t25-/m1/s1. The zero-order chi connectivity index (χ0) is 23.4. The predicted molar refractivity (Wildman–Crippen MR) is 136 cm³/mol. The number of alkyl halides is 1. The number of nitrogens with zero attached hydrogens (tertiary/aromatic N) is 2. The van der Waals surface area contributed by atoms with Crippen molar-refractivity contribution in [3.63, 3.8) is 0 Å². The Morgan fingerprint density at radius 1 is 0.939 bits per heavy atom. The molecule has 0 N–H and O–H groups in total. The smallest absolute Gasteiger partial charge is 0.286 e. The van der Waals surface area contributed by atoms with Gasteiger partial charge in [0.25, 0.3) is 15.9 Å². The number of carbonyl (C=O) groups is 1. The maximum Gasteiger partial charge on any atom is 0.286 e. The maximum atomic E-state index is 14.1. The topological polar surface area (TPSA) is 59.4 Å². The SMILES string of the molecule is Cc1ccc(S(=O)(=O)N2C(=O)c3c(Br)c4ccccc4n3C[C@]2(CBr)c2ccccc2)cc1. The molecule has 0 aliphatic carbocycles. The van der Waals surface area contributed by atoms with Crippen molar-refractivity contribution >= 4 is 58.7 Å². The second-order valence-electron chi connectivity index (χ2n) is 8.18. The highest BCUT2D eigenvalue weighted by Crippen LogP contribution is 2.45. The van der Waals surface area contributed by atoms with Gasteiger partial charge >= 0.3 is 0 Å². The third-order valence-electron chi connectivity index (χ3n) is 6.20. The van der Waals surface area contributed by atoms with Crippen LogP contribution in [0.1, 0.15) is 21.6 Å². The molecule has 33 heavy (non-hydrogen) atoms. The summed E-state index contributed by atoms with van der Waals surface area (Å²) in [6.07, 6.45) is 0. The molecule has 1 aromatic heterocycles. The maximum absolute atomic E-state index is 14.1. The molecule has 0 bridgehead atoms. The zero-order valence-electron chi connectivity index (χ0n) is 17.7. The van der Waals surface area contributed by atoms with Gasteiger partial charge in [-0.3, -0.25) is 4.79 Å². The lowest BCUT2D eigenvalue weighted by atomic mass is 9.89. The number of sulfonamides is 1. The number of rotatable bonds is 4. The fraction of sp³-hybridized carbons (Fsp3) is 0.160. The van der Waals surface area contributed by atoms with Crippen LogP contribution in [0.25, 0.3) is 10.9 Å². The van der Waals surface area contributed by atoms with Gasteiger partial charge in [-0.2, -0.15) is 0 Å². The molecule has 0 unspecified atom stereocenters. The number of aromatic nitrogens is 1. The molecule has 8 heteroatoms. The van der Waals surface area contributed by atoms with Crippen LogP contribution < -0.4 is 0 Å². The lowest BCUT2D eigenvalue weighted by Crippen LogP contribution is -2.59. The molecule has 5 nitrogen and oxygen atoms in total. The Balaban J connectivity index is 1.84. The molecule has 0 fully saturated rings. The normalized spacial score (nSPS) is 18.5. The van der Waals surface area contributed by atoms with Crippen LogP contribution in [-0.2, 0) is 22.1 Å². The predicted octanol–water partition coefficient (Wildman–Crippen LogP) is 5.85. The summed E-state index contributed by atoms with van der Waals surface area (Å²) in [5.74, 6) is -0.562. The molecule has 0 saturated carbocycles. The van der Waals surface area contributed by atoms with E-state index in [9.17, 15) is 13.2 Å². The third kappa shape index (κ3) is 3.30. The van der Waals surface area contributed by atoms with Crippen molar-refractivity contribution in [2.45, 2.75) is 23.9 Å². The van der Waals surface area contributed by atoms with Gasteiger partial charge in [-0.25, -0.2) is 12.7 Å². The Morgan fingerprint density at radius 2 is 1.58 bits per heavy atom. The first-order valence-corrected chi connectivity index (χ1v) is 13.7. The number of hydrogen-bond donors (Lipinski definition) is 0. The summed E-state index contributed by atoms with van der Waals surface area (Å²) >= 11 is 7.17. The summed E-state index contributed by atoms with van der Waals surface area (Å²) in [4.78, 5) is 14.2. The molecular formula is C25H20Br2N2O3S. The summed E-state index contributed by atoms with van der Waals surface area (Å²) < 4.78 is 31.7. The van der Waals surface area contributed by atoms with E-state index in [-0.39, 0.29) is 16.8 Å². The Kier molecular flexibility index (Phi) is 5.50. The van der Waals surface area contributed by atoms with Crippen molar-refractivity contribution < 1.29 is 13.2 Å². The van der Waals surface area contributed by atoms with E-state index in [2.05, 4.69) is 31.9 Å². The van der Waals surface area contributed by atoms with Crippen LogP contribution in [0.3, 0.4) is 0 Å². The van der Waals surface area contributed by atoms with Gasteiger partial charge in [-0.1, -0.05) is 82.2 Å². The average Bonchev–Trinajstić information content (AvgIpc) is 3.11. The van der Waals surface area contributed by atoms with E-state index >= 15 is 0 Å². The van der Waals surface area contributed by atoms with E-state index < -0.39 is 21.5 Å². The zero-order valence-corrected chi connectivity index (χ0v) is 21.7. The molecule has 1 atom stereocenters. The van der Waals surface area contributed by atoms with Gasteiger partial charge in [0, 0.05) is 16.2 Å². The van der Waals surface area contributed by atoms with E-state index in [1.165, 1.54) is 0 Å². The van der Waals surface area contributed by atoms with Crippen LogP contribution >= 0.6 is 31.9 Å². The Bertz CT molecular complexity index is 1480. The van der Waals surface area contributed by atoms with Gasteiger partial charge in [0.1, 0.15) is 11.2 Å². The summed E-state index contributed by atoms with van der Waals surface area (Å²) in [6.45, 7) is 2.17. The first kappa shape index (κ1) is 22.4. The quantitative estimate of drug-likeness (QED) is 0.282. The summed E-state index contributed by atoms with van der Waals surface area (Å²) in [5.41, 5.74) is 1.74. The number of halogens is 2. The number of amides is 1. The van der Waals surface area contributed by atoms with Crippen molar-refractivity contribution in [2.24, 2.45) is 0 Å². The highest BCUT2D eigenvalue weighted by Gasteiger charge is 2.53. The Morgan fingerprint density at radius 3 is 2.24 bits per heavy atom. The largest absolute Gasteiger partial charge is 0.333 e. The first-order valence-electron chi connectivity index (χ1n) is 10.4. The van der Waals surface area contributed by atoms with Gasteiger partial charge in [0.15, 0.2) is 0 Å². The van der Waals surface area contributed by atoms with Crippen LogP contribution in [0.5, 0.6) is 0 Å². The van der Waals surface area contributed by atoms with Gasteiger partial charge < -0.3 is 4.57 Å². The molecule has 0 radical (unpaired) electrons. The number of hydrogen-bond acceptors (Lipinski definition) is 3. The molecule has 5 rings (SSSR count). The van der Waals surface area contributed by atoms with E-state index in [0.717, 1.165) is 26.3 Å². The van der Waals surface area contributed by atoms with Crippen molar-refractivity contribution in [1.29, 1.82) is 0 Å². The average molecular weight is 588 g/mol. The third-order valence-corrected chi connectivity index (χ3v) is 9.79. The number of fused-ring (bicyclic) bond motifs is 3. The second-order valence-corrected chi connectivity index (χ2v) is 11.3. The molecule has 1 amide bonds. The summed E-state index contributed by atoms with van der Waals surface area (Å²) in [6, 6.07) is 23.6. The summed E-state index contributed by atoms with van der Waals surface area (Å²) in [7, 11) is -4.17. The van der Waals surface area contributed by atoms with Gasteiger partial charge in [0.05, 0.1) is 15.9 Å². The molecule has 1 aliphatic rings. The Hall–Kier alpha value is -2.42. The van der Waals surface area contributed by atoms with Crippen molar-refractivity contribution in [3.8, 4) is 0 Å². The number of carbonyl (C=O) groups excluding carboxylic acids is 1. The van der Waals surface area contributed by atoms with Crippen LogP contribution in [0, 0.1) is 6.92 Å². The van der Waals surface area contributed by atoms with Crippen LogP contribution in [0.4, 0.5) is 0 Å². The molecule has 168 valence electrons. The minimum absolute atomic E-state index is 0.0865. The Labute approximate surface area is 209 Å². The van der Waals surface area contributed by atoms with E-state index in [0.29, 0.717) is 10.2 Å².